The zero-order valence-electron chi connectivity index (χ0n) is 11.5. The van der Waals surface area contributed by atoms with Crippen molar-refractivity contribution in [3.05, 3.63) is 0 Å². The molecule has 0 bridgehead atoms. The van der Waals surface area contributed by atoms with Crippen LogP contribution in [0.15, 0.2) is 0 Å². The molecule has 0 spiro atoms. The van der Waals surface area contributed by atoms with E-state index in [-0.39, 0.29) is 0 Å². The van der Waals surface area contributed by atoms with Crippen molar-refractivity contribution in [2.45, 2.75) is 51.1 Å². The number of likely N-dealkylation sites (tertiary alicyclic amines) is 1. The van der Waals surface area contributed by atoms with E-state index in [4.69, 9.17) is 4.74 Å². The van der Waals surface area contributed by atoms with E-state index in [9.17, 15) is 0 Å². The second-order valence-corrected chi connectivity index (χ2v) is 5.57. The Kier molecular flexibility index (Phi) is 5.26. The van der Waals surface area contributed by atoms with E-state index in [1.54, 1.807) is 0 Å². The van der Waals surface area contributed by atoms with Crippen molar-refractivity contribution in [1.29, 1.82) is 0 Å². The lowest BCUT2D eigenvalue weighted by Gasteiger charge is -2.39. The zero-order chi connectivity index (χ0) is 12.1. The molecule has 0 saturated carbocycles. The summed E-state index contributed by atoms with van der Waals surface area (Å²) in [6.45, 7) is 6.71. The standard InChI is InChI=1S/C14H28N2O/c1-3-12-5-4-8-16(9-6-12)14-11-17-10-7-13(14)15-2/h12-15H,3-11H2,1-2H3. The van der Waals surface area contributed by atoms with Crippen molar-refractivity contribution in [3.63, 3.8) is 0 Å². The van der Waals surface area contributed by atoms with Gasteiger partial charge in [0.15, 0.2) is 0 Å². The third-order valence-corrected chi connectivity index (χ3v) is 4.63. The van der Waals surface area contributed by atoms with Crippen molar-refractivity contribution in [3.8, 4) is 0 Å². The maximum Gasteiger partial charge on any atom is 0.0637 e. The van der Waals surface area contributed by atoms with Crippen molar-refractivity contribution < 1.29 is 4.74 Å². The predicted octanol–water partition coefficient (Wildman–Crippen LogP) is 1.88. The highest BCUT2D eigenvalue weighted by Crippen LogP contribution is 2.23. The Morgan fingerprint density at radius 3 is 2.88 bits per heavy atom. The van der Waals surface area contributed by atoms with Gasteiger partial charge >= 0.3 is 0 Å². The molecule has 2 saturated heterocycles. The lowest BCUT2D eigenvalue weighted by atomic mass is 9.98. The third-order valence-electron chi connectivity index (χ3n) is 4.63. The summed E-state index contributed by atoms with van der Waals surface area (Å²) >= 11 is 0. The first-order valence-electron chi connectivity index (χ1n) is 7.34. The maximum absolute atomic E-state index is 5.68. The molecule has 0 aromatic carbocycles. The van der Waals surface area contributed by atoms with E-state index in [0.29, 0.717) is 12.1 Å². The number of ether oxygens (including phenoxy) is 1. The van der Waals surface area contributed by atoms with Crippen LogP contribution in [0.3, 0.4) is 0 Å². The van der Waals surface area contributed by atoms with Crippen molar-refractivity contribution in [1.82, 2.24) is 10.2 Å². The highest BCUT2D eigenvalue weighted by Gasteiger charge is 2.30. The van der Waals surface area contributed by atoms with Gasteiger partial charge in [-0.2, -0.15) is 0 Å². The van der Waals surface area contributed by atoms with Crippen LogP contribution in [0.5, 0.6) is 0 Å². The van der Waals surface area contributed by atoms with Crippen molar-refractivity contribution >= 4 is 0 Å². The summed E-state index contributed by atoms with van der Waals surface area (Å²) in [4.78, 5) is 2.68. The van der Waals surface area contributed by atoms with E-state index >= 15 is 0 Å². The van der Waals surface area contributed by atoms with Crippen molar-refractivity contribution in [2.75, 3.05) is 33.4 Å². The first kappa shape index (κ1) is 13.3. The second kappa shape index (κ2) is 6.72. The average Bonchev–Trinajstić information content (AvgIpc) is 2.63. The van der Waals surface area contributed by atoms with Crippen LogP contribution in [0.4, 0.5) is 0 Å². The van der Waals surface area contributed by atoms with Crippen LogP contribution >= 0.6 is 0 Å². The molecular weight excluding hydrogens is 212 g/mol. The lowest BCUT2D eigenvalue weighted by Crippen LogP contribution is -2.54. The number of hydrogen-bond donors (Lipinski definition) is 1. The molecule has 1 N–H and O–H groups in total. The second-order valence-electron chi connectivity index (χ2n) is 5.57. The number of hydrogen-bond acceptors (Lipinski definition) is 3. The molecule has 2 rings (SSSR count). The number of rotatable bonds is 3. The fraction of sp³-hybridized carbons (Fsp3) is 1.00. The molecule has 3 nitrogen and oxygen atoms in total. The van der Waals surface area contributed by atoms with Gasteiger partial charge in [0.25, 0.3) is 0 Å². The van der Waals surface area contributed by atoms with Crippen LogP contribution in [0, 0.1) is 5.92 Å². The maximum atomic E-state index is 5.68. The molecule has 17 heavy (non-hydrogen) atoms. The molecule has 2 aliphatic rings. The predicted molar refractivity (Wildman–Crippen MR) is 71.3 cm³/mol. The Morgan fingerprint density at radius 1 is 1.24 bits per heavy atom. The van der Waals surface area contributed by atoms with Gasteiger partial charge in [-0.3, -0.25) is 4.90 Å². The molecule has 0 aromatic rings. The smallest absolute Gasteiger partial charge is 0.0637 e. The molecule has 2 heterocycles. The van der Waals surface area contributed by atoms with Gasteiger partial charge in [0.2, 0.25) is 0 Å². The Morgan fingerprint density at radius 2 is 2.12 bits per heavy atom. The topological polar surface area (TPSA) is 24.5 Å². The average molecular weight is 240 g/mol. The van der Waals surface area contributed by atoms with Gasteiger partial charge in [-0.15, -0.1) is 0 Å². The summed E-state index contributed by atoms with van der Waals surface area (Å²) in [5.74, 6) is 0.956. The van der Waals surface area contributed by atoms with Gasteiger partial charge < -0.3 is 10.1 Å². The van der Waals surface area contributed by atoms with Gasteiger partial charge in [0.1, 0.15) is 0 Å². The van der Waals surface area contributed by atoms with Crippen LogP contribution < -0.4 is 5.32 Å². The van der Waals surface area contributed by atoms with Gasteiger partial charge in [0.05, 0.1) is 6.61 Å². The largest absolute Gasteiger partial charge is 0.380 e. The summed E-state index contributed by atoms with van der Waals surface area (Å²) in [6, 6.07) is 1.23. The van der Waals surface area contributed by atoms with Gasteiger partial charge in [-0.25, -0.2) is 0 Å². The molecule has 2 aliphatic heterocycles. The molecule has 0 radical (unpaired) electrons. The third kappa shape index (κ3) is 3.43. The number of likely N-dealkylation sites (N-methyl/N-ethyl adjacent to an activating group) is 1. The molecule has 3 unspecified atom stereocenters. The van der Waals surface area contributed by atoms with Crippen molar-refractivity contribution in [2.24, 2.45) is 5.92 Å². The Balaban J connectivity index is 1.91. The SMILES string of the molecule is CCC1CCCN(C2COCCC2NC)CC1. The van der Waals surface area contributed by atoms with Crippen LogP contribution in [-0.2, 0) is 4.74 Å². The van der Waals surface area contributed by atoms with Crippen LogP contribution in [-0.4, -0.2) is 50.3 Å². The summed E-state index contributed by atoms with van der Waals surface area (Å²) in [7, 11) is 2.09. The van der Waals surface area contributed by atoms with E-state index in [1.165, 1.54) is 38.8 Å². The first-order chi connectivity index (χ1) is 8.35. The van der Waals surface area contributed by atoms with Gasteiger partial charge in [-0.1, -0.05) is 13.3 Å². The first-order valence-corrected chi connectivity index (χ1v) is 7.34. The van der Waals surface area contributed by atoms with Gasteiger partial charge in [-0.05, 0) is 51.7 Å². The Bertz CT molecular complexity index is 222. The number of nitrogens with zero attached hydrogens (tertiary/aromatic N) is 1. The van der Waals surface area contributed by atoms with Gasteiger partial charge in [0, 0.05) is 18.7 Å². The summed E-state index contributed by atoms with van der Waals surface area (Å²) in [6.07, 6.45) is 6.68. The van der Waals surface area contributed by atoms with E-state index in [0.717, 1.165) is 25.6 Å². The quantitative estimate of drug-likeness (QED) is 0.815. The monoisotopic (exact) mass is 240 g/mol. The molecular formula is C14H28N2O. The zero-order valence-corrected chi connectivity index (χ0v) is 11.5. The Hall–Kier alpha value is -0.120. The molecule has 0 amide bonds. The molecule has 100 valence electrons. The van der Waals surface area contributed by atoms with E-state index < -0.39 is 0 Å². The van der Waals surface area contributed by atoms with Crippen LogP contribution in [0.1, 0.15) is 39.0 Å². The minimum Gasteiger partial charge on any atom is -0.380 e. The normalized spacial score (nSPS) is 36.7. The minimum atomic E-state index is 0.601. The van der Waals surface area contributed by atoms with E-state index in [1.807, 2.05) is 0 Å². The number of nitrogens with one attached hydrogen (secondary N) is 1. The summed E-state index contributed by atoms with van der Waals surface area (Å²) in [5.41, 5.74) is 0. The molecule has 0 aromatic heterocycles. The molecule has 2 fully saturated rings. The fourth-order valence-electron chi connectivity index (χ4n) is 3.35. The molecule has 0 aliphatic carbocycles. The Labute approximate surface area is 106 Å². The summed E-state index contributed by atoms with van der Waals surface area (Å²) in [5, 5.41) is 3.48. The van der Waals surface area contributed by atoms with E-state index in [2.05, 4.69) is 24.2 Å². The fourth-order valence-corrected chi connectivity index (χ4v) is 3.35. The van der Waals surface area contributed by atoms with Crippen LogP contribution in [0.2, 0.25) is 0 Å². The minimum absolute atomic E-state index is 0.601. The lowest BCUT2D eigenvalue weighted by molar-refractivity contribution is -0.000657. The highest BCUT2D eigenvalue weighted by atomic mass is 16.5. The molecule has 3 atom stereocenters. The van der Waals surface area contributed by atoms with Crippen LogP contribution in [0.25, 0.3) is 0 Å². The summed E-state index contributed by atoms with van der Waals surface area (Å²) < 4.78 is 5.68. The highest BCUT2D eigenvalue weighted by molar-refractivity contribution is 4.87. The molecule has 3 heteroatoms.